The van der Waals surface area contributed by atoms with Gasteiger partial charge in [-0.25, -0.2) is 0 Å². The van der Waals surface area contributed by atoms with Crippen LogP contribution in [0.5, 0.6) is 0 Å². The Kier molecular flexibility index (Phi) is 5.56. The molecule has 0 heterocycles. The molecule has 0 radical (unpaired) electrons. The third kappa shape index (κ3) is 3.51. The molecule has 4 aromatic rings. The maximum absolute atomic E-state index is 9.43. The van der Waals surface area contributed by atoms with Crippen molar-refractivity contribution in [1.29, 1.82) is 0 Å². The molecule has 0 atom stereocenters. The summed E-state index contributed by atoms with van der Waals surface area (Å²) < 4.78 is 0. The van der Waals surface area contributed by atoms with Gasteiger partial charge in [-0.1, -0.05) is 0 Å². The second-order valence-electron chi connectivity index (χ2n) is 7.32. The first kappa shape index (κ1) is 19.9. The van der Waals surface area contributed by atoms with Crippen LogP contribution in [0.3, 0.4) is 0 Å². The van der Waals surface area contributed by atoms with Crippen molar-refractivity contribution < 1.29 is 5.11 Å². The molecule has 0 amide bonds. The van der Waals surface area contributed by atoms with Crippen molar-refractivity contribution in [3.63, 3.8) is 0 Å². The predicted molar refractivity (Wildman–Crippen MR) is 127 cm³/mol. The average molecular weight is 419 g/mol. The molecule has 0 saturated heterocycles. The Balaban J connectivity index is 2.03. The summed E-state index contributed by atoms with van der Waals surface area (Å²) in [6.45, 7) is 0.0425. The van der Waals surface area contributed by atoms with Gasteiger partial charge in [-0.05, 0) is 0 Å². The minimum absolute atomic E-state index is 0.0425. The number of aliphatic hydroxyl groups excluding tert-OH is 1. The molecule has 0 aromatic heterocycles. The van der Waals surface area contributed by atoms with Gasteiger partial charge in [-0.3, -0.25) is 0 Å². The van der Waals surface area contributed by atoms with Crippen molar-refractivity contribution in [2.24, 2.45) is 0 Å². The van der Waals surface area contributed by atoms with Gasteiger partial charge in [0.25, 0.3) is 0 Å². The van der Waals surface area contributed by atoms with Gasteiger partial charge in [0.15, 0.2) is 0 Å². The zero-order chi connectivity index (χ0) is 20.2. The van der Waals surface area contributed by atoms with Crippen LogP contribution in [-0.4, -0.2) is 5.11 Å². The van der Waals surface area contributed by atoms with Crippen molar-refractivity contribution in [3.8, 4) is 0 Å². The molecule has 29 heavy (non-hydrogen) atoms. The molecule has 4 aromatic carbocycles. The van der Waals surface area contributed by atoms with E-state index in [0.717, 1.165) is 27.0 Å². The van der Waals surface area contributed by atoms with Gasteiger partial charge in [0.2, 0.25) is 0 Å². The maximum atomic E-state index is 9.43. The van der Waals surface area contributed by atoms with Gasteiger partial charge >= 0.3 is 177 Å². The number of aliphatic hydroxyl groups is 1. The first-order chi connectivity index (χ1) is 14.1. The van der Waals surface area contributed by atoms with Gasteiger partial charge in [0, 0.05) is 0 Å². The second-order valence-corrected chi connectivity index (χ2v) is 13.8. The quantitative estimate of drug-likeness (QED) is 0.418. The molecule has 146 valence electrons. The molecule has 0 aliphatic carbocycles. The SMILES string of the molecule is OCc1ccc(CP(Cl)(c2ccccc2)(c2ccccc2)c2ccccc2)cc1. The molecule has 1 nitrogen and oxygen atoms in total. The fourth-order valence-corrected chi connectivity index (χ4v) is 10.2. The molecule has 0 aliphatic rings. The van der Waals surface area contributed by atoms with Crippen LogP contribution in [0.2, 0.25) is 0 Å². The van der Waals surface area contributed by atoms with Crippen molar-refractivity contribution >= 4 is 33.1 Å². The number of rotatable bonds is 6. The zero-order valence-corrected chi connectivity index (χ0v) is 17.8. The van der Waals surface area contributed by atoms with Gasteiger partial charge in [-0.2, -0.15) is 0 Å². The van der Waals surface area contributed by atoms with E-state index >= 15 is 0 Å². The Morgan fingerprint density at radius 2 is 0.862 bits per heavy atom. The third-order valence-corrected chi connectivity index (χ3v) is 12.8. The molecule has 0 unspecified atom stereocenters. The summed E-state index contributed by atoms with van der Waals surface area (Å²) in [5, 5.41) is 12.9. The van der Waals surface area contributed by atoms with Gasteiger partial charge < -0.3 is 0 Å². The molecular formula is C26H24ClOP. The van der Waals surface area contributed by atoms with Crippen LogP contribution in [0.4, 0.5) is 0 Å². The van der Waals surface area contributed by atoms with E-state index in [1.165, 1.54) is 0 Å². The van der Waals surface area contributed by atoms with E-state index in [4.69, 9.17) is 11.2 Å². The summed E-state index contributed by atoms with van der Waals surface area (Å²) in [5.74, 6) is -3.30. The van der Waals surface area contributed by atoms with Crippen LogP contribution in [0.1, 0.15) is 11.1 Å². The van der Waals surface area contributed by atoms with E-state index in [0.29, 0.717) is 6.16 Å². The average Bonchev–Trinajstić information content (AvgIpc) is 2.81. The van der Waals surface area contributed by atoms with Gasteiger partial charge in [0.05, 0.1) is 0 Å². The Labute approximate surface area is 177 Å². The summed E-state index contributed by atoms with van der Waals surface area (Å²) >= 11 is 8.06. The van der Waals surface area contributed by atoms with Crippen molar-refractivity contribution in [2.75, 3.05) is 0 Å². The van der Waals surface area contributed by atoms with E-state index in [2.05, 4.69) is 84.9 Å². The Morgan fingerprint density at radius 1 is 0.517 bits per heavy atom. The monoisotopic (exact) mass is 418 g/mol. The Bertz CT molecular complexity index is 965. The number of hydrogen-bond acceptors (Lipinski definition) is 1. The van der Waals surface area contributed by atoms with Crippen LogP contribution in [0.15, 0.2) is 115 Å². The Hall–Kier alpha value is -2.44. The van der Waals surface area contributed by atoms with Crippen LogP contribution in [0.25, 0.3) is 0 Å². The van der Waals surface area contributed by atoms with Crippen molar-refractivity contribution in [1.82, 2.24) is 0 Å². The van der Waals surface area contributed by atoms with E-state index in [1.54, 1.807) is 0 Å². The standard InChI is InChI=1S/C26H24ClOP/c27-29(24-10-4-1-5-11-24,25-12-6-2-7-13-25,26-14-8-3-9-15-26)21-23-18-16-22(20-28)17-19-23/h1-19,28H,20-21H2. The topological polar surface area (TPSA) is 20.2 Å². The van der Waals surface area contributed by atoms with Crippen LogP contribution in [0, 0.1) is 0 Å². The molecule has 0 saturated carbocycles. The fraction of sp³-hybridized carbons (Fsp3) is 0.0769. The molecule has 1 N–H and O–H groups in total. The summed E-state index contributed by atoms with van der Waals surface area (Å²) in [6.07, 6.45) is 0.705. The van der Waals surface area contributed by atoms with Crippen LogP contribution < -0.4 is 15.9 Å². The molecule has 4 rings (SSSR count). The second kappa shape index (κ2) is 8.13. The van der Waals surface area contributed by atoms with Crippen molar-refractivity contribution in [3.05, 3.63) is 126 Å². The third-order valence-electron chi connectivity index (χ3n) is 5.57. The van der Waals surface area contributed by atoms with E-state index in [9.17, 15) is 5.11 Å². The first-order valence-electron chi connectivity index (χ1n) is 9.73. The van der Waals surface area contributed by atoms with E-state index in [1.807, 2.05) is 30.3 Å². The first-order valence-corrected chi connectivity index (χ1v) is 13.1. The summed E-state index contributed by atoms with van der Waals surface area (Å²) in [7, 11) is 0. The van der Waals surface area contributed by atoms with Gasteiger partial charge in [-0.15, -0.1) is 0 Å². The van der Waals surface area contributed by atoms with Crippen LogP contribution >= 0.6 is 17.2 Å². The van der Waals surface area contributed by atoms with E-state index < -0.39 is 5.96 Å². The van der Waals surface area contributed by atoms with Gasteiger partial charge in [0.1, 0.15) is 0 Å². The van der Waals surface area contributed by atoms with E-state index in [-0.39, 0.29) is 6.61 Å². The molecule has 0 fully saturated rings. The molecular weight excluding hydrogens is 395 g/mol. The minimum atomic E-state index is -3.30. The fourth-order valence-electron chi connectivity index (χ4n) is 4.03. The summed E-state index contributed by atoms with van der Waals surface area (Å²) in [4.78, 5) is 0. The zero-order valence-electron chi connectivity index (χ0n) is 16.2. The number of hydrogen-bond donors (Lipinski definition) is 1. The predicted octanol–water partition coefficient (Wildman–Crippen LogP) is 5.36. The molecule has 0 aliphatic heterocycles. The molecule has 3 heteroatoms. The Morgan fingerprint density at radius 3 is 1.21 bits per heavy atom. The molecule has 0 bridgehead atoms. The summed E-state index contributed by atoms with van der Waals surface area (Å²) in [5.41, 5.74) is 2.06. The molecule has 0 spiro atoms. The summed E-state index contributed by atoms with van der Waals surface area (Å²) in [6, 6.07) is 39.6. The normalized spacial score (nSPS) is 12.8. The number of benzene rings is 4. The van der Waals surface area contributed by atoms with Crippen LogP contribution in [-0.2, 0) is 12.8 Å². The van der Waals surface area contributed by atoms with Crippen molar-refractivity contribution in [2.45, 2.75) is 12.8 Å². The number of halogens is 1.